The van der Waals surface area contributed by atoms with Gasteiger partial charge in [0.05, 0.1) is 17.5 Å². The van der Waals surface area contributed by atoms with Crippen molar-refractivity contribution in [3.63, 3.8) is 0 Å². The zero-order valence-corrected chi connectivity index (χ0v) is 12.9. The lowest BCUT2D eigenvalue weighted by molar-refractivity contribution is 0.0954. The maximum atomic E-state index is 14.1. The van der Waals surface area contributed by atoms with Crippen LogP contribution in [0.25, 0.3) is 11.3 Å². The van der Waals surface area contributed by atoms with E-state index in [9.17, 15) is 13.6 Å². The van der Waals surface area contributed by atoms with E-state index in [4.69, 9.17) is 0 Å². The monoisotopic (exact) mass is 331 g/mol. The molecule has 24 heavy (non-hydrogen) atoms. The number of halogens is 2. The molecule has 3 aromatic rings. The zero-order valence-electron chi connectivity index (χ0n) is 12.9. The molecule has 0 aliphatic rings. The lowest BCUT2D eigenvalue weighted by Crippen LogP contribution is -2.26. The molecule has 0 aliphatic carbocycles. The summed E-state index contributed by atoms with van der Waals surface area (Å²) in [5.74, 6) is -0.851. The van der Waals surface area contributed by atoms with Gasteiger partial charge in [0.25, 0.3) is 5.91 Å². The second-order valence-corrected chi connectivity index (χ2v) is 5.23. The van der Waals surface area contributed by atoms with Gasteiger partial charge in [-0.2, -0.15) is 5.10 Å². The third kappa shape index (κ3) is 3.03. The van der Waals surface area contributed by atoms with Crippen LogP contribution in [0.1, 0.15) is 21.7 Å². The number of hydrogen-bond donors (Lipinski definition) is 3. The lowest BCUT2D eigenvalue weighted by atomic mass is 10.0. The average molecular weight is 331 g/mol. The molecule has 0 saturated heterocycles. The van der Waals surface area contributed by atoms with Gasteiger partial charge in [-0.05, 0) is 24.6 Å². The van der Waals surface area contributed by atoms with Crippen molar-refractivity contribution in [2.75, 3.05) is 6.54 Å². The van der Waals surface area contributed by atoms with Crippen molar-refractivity contribution < 1.29 is 13.6 Å². The van der Waals surface area contributed by atoms with Gasteiger partial charge < -0.3 is 10.3 Å². The second kappa shape index (κ2) is 6.61. The molecule has 0 atom stereocenters. The van der Waals surface area contributed by atoms with Gasteiger partial charge in [-0.15, -0.1) is 0 Å². The molecule has 2 aromatic heterocycles. The van der Waals surface area contributed by atoms with Gasteiger partial charge >= 0.3 is 0 Å². The largest absolute Gasteiger partial charge is 0.351 e. The van der Waals surface area contributed by atoms with Crippen LogP contribution in [0.15, 0.2) is 30.7 Å². The van der Waals surface area contributed by atoms with Gasteiger partial charge in [-0.3, -0.25) is 9.89 Å². The quantitative estimate of drug-likeness (QED) is 0.671. The third-order valence-electron chi connectivity index (χ3n) is 3.68. The van der Waals surface area contributed by atoms with Crippen LogP contribution >= 0.6 is 0 Å². The Morgan fingerprint density at radius 3 is 2.83 bits per heavy atom. The summed E-state index contributed by atoms with van der Waals surface area (Å²) in [5, 5.41) is 9.09. The summed E-state index contributed by atoms with van der Waals surface area (Å²) in [6.07, 6.45) is 5.14. The number of amides is 1. The molecule has 0 aliphatic heterocycles. The van der Waals surface area contributed by atoms with Crippen LogP contribution in [0.2, 0.25) is 0 Å². The highest BCUT2D eigenvalue weighted by Gasteiger charge is 2.21. The van der Waals surface area contributed by atoms with E-state index >= 15 is 0 Å². The van der Waals surface area contributed by atoms with Gasteiger partial charge in [-0.1, -0.05) is 0 Å². The Balaban J connectivity index is 1.80. The first-order valence-electron chi connectivity index (χ1n) is 7.32. The fraction of sp³-hybridized carbons (Fsp3) is 0.188. The molecule has 2 heterocycles. The van der Waals surface area contributed by atoms with Crippen molar-refractivity contribution in [3.05, 3.63) is 59.3 Å². The van der Waals surface area contributed by atoms with Crippen LogP contribution in [0.3, 0.4) is 0 Å². The van der Waals surface area contributed by atoms with Gasteiger partial charge in [0.1, 0.15) is 17.5 Å². The van der Waals surface area contributed by atoms with E-state index in [1.165, 1.54) is 13.1 Å². The fourth-order valence-corrected chi connectivity index (χ4v) is 2.43. The van der Waals surface area contributed by atoms with Crippen molar-refractivity contribution in [3.8, 4) is 11.3 Å². The van der Waals surface area contributed by atoms with Crippen molar-refractivity contribution in [2.24, 2.45) is 0 Å². The summed E-state index contributed by atoms with van der Waals surface area (Å²) in [6, 6.07) is 2.07. The molecular formula is C16H15F2N5O. The smallest absolute Gasteiger partial charge is 0.255 e. The van der Waals surface area contributed by atoms with Crippen LogP contribution in [-0.4, -0.2) is 32.6 Å². The number of nitrogens with zero attached hydrogens (tertiary/aromatic N) is 2. The van der Waals surface area contributed by atoms with Crippen molar-refractivity contribution in [2.45, 2.75) is 13.3 Å². The normalized spacial score (nSPS) is 10.8. The van der Waals surface area contributed by atoms with Gasteiger partial charge in [0.15, 0.2) is 0 Å². The van der Waals surface area contributed by atoms with Crippen LogP contribution < -0.4 is 5.32 Å². The number of rotatable bonds is 5. The summed E-state index contributed by atoms with van der Waals surface area (Å²) in [5.41, 5.74) is 0.426. The number of carbonyl (C=O) groups excluding carboxylic acids is 1. The lowest BCUT2D eigenvalue weighted by Gasteiger charge is -2.09. The fourth-order valence-electron chi connectivity index (χ4n) is 2.43. The molecule has 3 rings (SSSR count). The van der Waals surface area contributed by atoms with Gasteiger partial charge in [0.2, 0.25) is 0 Å². The molecule has 124 valence electrons. The Kier molecular flexibility index (Phi) is 4.37. The SMILES string of the molecule is Cc1c(F)ccc(F)c1-c1[nH]ncc1C(=O)NCCc1ncc[nH]1. The summed E-state index contributed by atoms with van der Waals surface area (Å²) in [4.78, 5) is 19.3. The van der Waals surface area contributed by atoms with E-state index < -0.39 is 17.5 Å². The van der Waals surface area contributed by atoms with E-state index in [0.717, 1.165) is 18.0 Å². The van der Waals surface area contributed by atoms with E-state index in [1.807, 2.05) is 0 Å². The van der Waals surface area contributed by atoms with Gasteiger partial charge in [-0.25, -0.2) is 13.8 Å². The van der Waals surface area contributed by atoms with Crippen molar-refractivity contribution >= 4 is 5.91 Å². The number of hydrogen-bond acceptors (Lipinski definition) is 3. The van der Waals surface area contributed by atoms with Crippen LogP contribution in [0.4, 0.5) is 8.78 Å². The number of nitrogens with one attached hydrogen (secondary N) is 3. The summed E-state index contributed by atoms with van der Waals surface area (Å²) in [6.45, 7) is 1.80. The molecule has 8 heteroatoms. The molecule has 0 bridgehead atoms. The Hall–Kier alpha value is -3.03. The summed E-state index contributed by atoms with van der Waals surface area (Å²) in [7, 11) is 0. The average Bonchev–Trinajstić information content (AvgIpc) is 3.23. The molecule has 3 N–H and O–H groups in total. The van der Waals surface area contributed by atoms with Gasteiger partial charge in [0, 0.05) is 30.9 Å². The highest BCUT2D eigenvalue weighted by atomic mass is 19.1. The minimum absolute atomic E-state index is 0.00341. The number of carbonyl (C=O) groups is 1. The molecule has 1 amide bonds. The Labute approximate surface area is 136 Å². The number of aromatic nitrogens is 4. The summed E-state index contributed by atoms with van der Waals surface area (Å²) >= 11 is 0. The first-order valence-corrected chi connectivity index (χ1v) is 7.32. The number of benzene rings is 1. The maximum Gasteiger partial charge on any atom is 0.255 e. The predicted octanol–water partition coefficient (Wildman–Crippen LogP) is 2.36. The number of H-pyrrole nitrogens is 2. The third-order valence-corrected chi connectivity index (χ3v) is 3.68. The predicted molar refractivity (Wildman–Crippen MR) is 83.3 cm³/mol. The zero-order chi connectivity index (χ0) is 17.1. The molecular weight excluding hydrogens is 316 g/mol. The van der Waals surface area contributed by atoms with E-state index in [1.54, 1.807) is 12.4 Å². The minimum Gasteiger partial charge on any atom is -0.351 e. The highest BCUT2D eigenvalue weighted by molar-refractivity contribution is 6.00. The molecule has 1 aromatic carbocycles. The Morgan fingerprint density at radius 1 is 1.29 bits per heavy atom. The summed E-state index contributed by atoms with van der Waals surface area (Å²) < 4.78 is 27.8. The second-order valence-electron chi connectivity index (χ2n) is 5.23. The number of imidazole rings is 1. The highest BCUT2D eigenvalue weighted by Crippen LogP contribution is 2.29. The molecule has 0 fully saturated rings. The van der Waals surface area contributed by atoms with Crippen LogP contribution in [0, 0.1) is 18.6 Å². The van der Waals surface area contributed by atoms with Crippen LogP contribution in [-0.2, 0) is 6.42 Å². The van der Waals surface area contributed by atoms with E-state index in [0.29, 0.717) is 13.0 Å². The minimum atomic E-state index is -0.622. The standard InChI is InChI=1S/C16H15F2N5O/c1-9-11(17)2-3-12(18)14(9)15-10(8-22-23-15)16(24)21-5-4-13-19-6-7-20-13/h2-3,6-8H,4-5H2,1H3,(H,19,20)(H,21,24)(H,22,23). The molecule has 0 radical (unpaired) electrons. The van der Waals surface area contributed by atoms with Crippen molar-refractivity contribution in [1.29, 1.82) is 0 Å². The Morgan fingerprint density at radius 2 is 2.08 bits per heavy atom. The van der Waals surface area contributed by atoms with Crippen LogP contribution in [0.5, 0.6) is 0 Å². The molecule has 0 spiro atoms. The number of aromatic amines is 2. The molecule has 6 nitrogen and oxygen atoms in total. The van der Waals surface area contributed by atoms with E-state index in [-0.39, 0.29) is 22.4 Å². The topological polar surface area (TPSA) is 86.5 Å². The van der Waals surface area contributed by atoms with E-state index in [2.05, 4.69) is 25.5 Å². The first kappa shape index (κ1) is 15.9. The Bertz CT molecular complexity index is 857. The van der Waals surface area contributed by atoms with Crippen molar-refractivity contribution in [1.82, 2.24) is 25.5 Å². The molecule has 0 saturated carbocycles. The first-order chi connectivity index (χ1) is 11.6. The maximum absolute atomic E-state index is 14.1. The molecule has 0 unspecified atom stereocenters.